The standard InChI is InChI=1S/C27H25N3O3/c28-19-20-5-4-8-25(17-20)33-24-13-15-30(16-14-24)27(32)18-26(31)29-23-11-9-22(10-12-23)21-6-2-1-3-7-21/h1-12,17,24H,13-16,18H2,(H,29,31). The largest absolute Gasteiger partial charge is 0.490 e. The van der Waals surface area contributed by atoms with Crippen molar-refractivity contribution in [1.29, 1.82) is 5.26 Å². The molecule has 0 radical (unpaired) electrons. The molecule has 0 atom stereocenters. The molecular formula is C27H25N3O3. The van der Waals surface area contributed by atoms with Crippen molar-refractivity contribution in [2.75, 3.05) is 18.4 Å². The second-order valence-corrected chi connectivity index (χ2v) is 8.01. The number of nitrogens with one attached hydrogen (secondary N) is 1. The van der Waals surface area contributed by atoms with Crippen molar-refractivity contribution in [3.8, 4) is 22.9 Å². The number of piperidine rings is 1. The highest BCUT2D eigenvalue weighted by atomic mass is 16.5. The molecule has 4 rings (SSSR count). The minimum Gasteiger partial charge on any atom is -0.490 e. The Bertz CT molecular complexity index is 1150. The first-order chi connectivity index (χ1) is 16.1. The number of carbonyl (C=O) groups is 2. The van der Waals surface area contributed by atoms with Crippen molar-refractivity contribution < 1.29 is 14.3 Å². The molecule has 33 heavy (non-hydrogen) atoms. The Morgan fingerprint density at radius 2 is 1.64 bits per heavy atom. The van der Waals surface area contributed by atoms with Gasteiger partial charge in [-0.25, -0.2) is 0 Å². The van der Waals surface area contributed by atoms with Gasteiger partial charge in [0.15, 0.2) is 0 Å². The average Bonchev–Trinajstić information content (AvgIpc) is 2.85. The van der Waals surface area contributed by atoms with Crippen LogP contribution in [0.2, 0.25) is 0 Å². The normalized spacial score (nSPS) is 13.7. The van der Waals surface area contributed by atoms with E-state index in [4.69, 9.17) is 10.00 Å². The molecule has 3 aromatic carbocycles. The number of amides is 2. The van der Waals surface area contributed by atoms with Crippen LogP contribution in [0.25, 0.3) is 11.1 Å². The molecule has 1 fully saturated rings. The molecule has 0 spiro atoms. The van der Waals surface area contributed by atoms with E-state index in [9.17, 15) is 9.59 Å². The van der Waals surface area contributed by atoms with Crippen LogP contribution in [0.3, 0.4) is 0 Å². The van der Waals surface area contributed by atoms with Gasteiger partial charge in [-0.3, -0.25) is 9.59 Å². The monoisotopic (exact) mass is 439 g/mol. The minimum atomic E-state index is -0.320. The van der Waals surface area contributed by atoms with Crippen molar-refractivity contribution in [3.63, 3.8) is 0 Å². The van der Waals surface area contributed by atoms with Gasteiger partial charge in [-0.05, 0) is 41.5 Å². The fourth-order valence-electron chi connectivity index (χ4n) is 3.89. The number of anilines is 1. The number of benzene rings is 3. The van der Waals surface area contributed by atoms with E-state index in [1.54, 1.807) is 23.1 Å². The molecule has 1 N–H and O–H groups in total. The van der Waals surface area contributed by atoms with E-state index in [1.807, 2.05) is 60.7 Å². The van der Waals surface area contributed by atoms with Gasteiger partial charge in [0.05, 0.1) is 11.6 Å². The molecule has 2 amide bonds. The highest BCUT2D eigenvalue weighted by molar-refractivity contribution is 6.03. The van der Waals surface area contributed by atoms with Gasteiger partial charge in [-0.1, -0.05) is 48.5 Å². The zero-order valence-electron chi connectivity index (χ0n) is 18.2. The van der Waals surface area contributed by atoms with Gasteiger partial charge in [0.1, 0.15) is 18.3 Å². The maximum Gasteiger partial charge on any atom is 0.233 e. The second kappa shape index (κ2) is 10.5. The second-order valence-electron chi connectivity index (χ2n) is 8.01. The third-order valence-electron chi connectivity index (χ3n) is 5.65. The van der Waals surface area contributed by atoms with Crippen molar-refractivity contribution in [1.82, 2.24) is 4.90 Å². The molecule has 1 heterocycles. The van der Waals surface area contributed by atoms with Gasteiger partial charge in [-0.2, -0.15) is 5.26 Å². The zero-order valence-corrected chi connectivity index (χ0v) is 18.2. The van der Waals surface area contributed by atoms with Gasteiger partial charge in [-0.15, -0.1) is 0 Å². The van der Waals surface area contributed by atoms with Crippen LogP contribution in [0.15, 0.2) is 78.9 Å². The quantitative estimate of drug-likeness (QED) is 0.568. The molecule has 166 valence electrons. The van der Waals surface area contributed by atoms with Gasteiger partial charge in [0.25, 0.3) is 0 Å². The first-order valence-corrected chi connectivity index (χ1v) is 11.0. The number of rotatable bonds is 6. The van der Waals surface area contributed by atoms with E-state index in [0.717, 1.165) is 11.1 Å². The van der Waals surface area contributed by atoms with E-state index in [-0.39, 0.29) is 24.3 Å². The predicted molar refractivity (Wildman–Crippen MR) is 127 cm³/mol. The maximum absolute atomic E-state index is 12.6. The van der Waals surface area contributed by atoms with Crippen LogP contribution >= 0.6 is 0 Å². The van der Waals surface area contributed by atoms with Crippen LogP contribution in [0, 0.1) is 11.3 Å². The number of nitrogens with zero attached hydrogens (tertiary/aromatic N) is 2. The molecular weight excluding hydrogens is 414 g/mol. The summed E-state index contributed by atoms with van der Waals surface area (Å²) in [4.78, 5) is 26.7. The third kappa shape index (κ3) is 5.98. The summed E-state index contributed by atoms with van der Waals surface area (Å²) in [7, 11) is 0. The van der Waals surface area contributed by atoms with E-state index in [0.29, 0.717) is 42.9 Å². The Kier molecular flexibility index (Phi) is 7.01. The molecule has 6 nitrogen and oxygen atoms in total. The lowest BCUT2D eigenvalue weighted by Crippen LogP contribution is -2.42. The van der Waals surface area contributed by atoms with Crippen LogP contribution < -0.4 is 10.1 Å². The number of hydrogen-bond acceptors (Lipinski definition) is 4. The topological polar surface area (TPSA) is 82.4 Å². The van der Waals surface area contributed by atoms with Crippen LogP contribution in [0.5, 0.6) is 5.75 Å². The van der Waals surface area contributed by atoms with Gasteiger partial charge < -0.3 is 15.0 Å². The van der Waals surface area contributed by atoms with Crippen LogP contribution in [-0.2, 0) is 9.59 Å². The number of likely N-dealkylation sites (tertiary alicyclic amines) is 1. The number of hydrogen-bond donors (Lipinski definition) is 1. The van der Waals surface area contributed by atoms with E-state index < -0.39 is 0 Å². The van der Waals surface area contributed by atoms with E-state index >= 15 is 0 Å². The fraction of sp³-hybridized carbons (Fsp3) is 0.222. The fourth-order valence-corrected chi connectivity index (χ4v) is 3.89. The molecule has 0 saturated carbocycles. The van der Waals surface area contributed by atoms with Crippen molar-refractivity contribution in [2.45, 2.75) is 25.4 Å². The molecule has 6 heteroatoms. The summed E-state index contributed by atoms with van der Waals surface area (Å²) >= 11 is 0. The van der Waals surface area contributed by atoms with E-state index in [2.05, 4.69) is 11.4 Å². The lowest BCUT2D eigenvalue weighted by Gasteiger charge is -2.32. The predicted octanol–water partition coefficient (Wildman–Crippen LogP) is 4.62. The Balaban J connectivity index is 1.23. The first kappa shape index (κ1) is 22.1. The molecule has 1 saturated heterocycles. The van der Waals surface area contributed by atoms with Crippen LogP contribution in [0.4, 0.5) is 5.69 Å². The highest BCUT2D eigenvalue weighted by Gasteiger charge is 2.25. The summed E-state index contributed by atoms with van der Waals surface area (Å²) in [5.41, 5.74) is 3.39. The highest BCUT2D eigenvalue weighted by Crippen LogP contribution is 2.22. The van der Waals surface area contributed by atoms with Crippen molar-refractivity contribution in [3.05, 3.63) is 84.4 Å². The molecule has 3 aromatic rings. The lowest BCUT2D eigenvalue weighted by atomic mass is 10.1. The smallest absolute Gasteiger partial charge is 0.233 e. The average molecular weight is 440 g/mol. The summed E-state index contributed by atoms with van der Waals surface area (Å²) in [5.74, 6) is 0.161. The minimum absolute atomic E-state index is 0.0139. The zero-order chi connectivity index (χ0) is 23.0. The SMILES string of the molecule is N#Cc1cccc(OC2CCN(C(=O)CC(=O)Nc3ccc(-c4ccccc4)cc3)CC2)c1. The lowest BCUT2D eigenvalue weighted by molar-refractivity contribution is -0.136. The van der Waals surface area contributed by atoms with Gasteiger partial charge >= 0.3 is 0 Å². The molecule has 0 aromatic heterocycles. The Labute approximate surface area is 193 Å². The number of ether oxygens (including phenoxy) is 1. The number of nitriles is 1. The van der Waals surface area contributed by atoms with Gasteiger partial charge in [0.2, 0.25) is 11.8 Å². The maximum atomic E-state index is 12.6. The summed E-state index contributed by atoms with van der Waals surface area (Å²) in [6.45, 7) is 1.08. The molecule has 1 aliphatic heterocycles. The Morgan fingerprint density at radius 1 is 0.939 bits per heavy atom. The van der Waals surface area contributed by atoms with Crippen molar-refractivity contribution in [2.24, 2.45) is 0 Å². The first-order valence-electron chi connectivity index (χ1n) is 11.0. The van der Waals surface area contributed by atoms with Crippen LogP contribution in [0.1, 0.15) is 24.8 Å². The third-order valence-corrected chi connectivity index (χ3v) is 5.65. The Morgan fingerprint density at radius 3 is 2.33 bits per heavy atom. The molecule has 0 unspecified atom stereocenters. The number of carbonyl (C=O) groups excluding carboxylic acids is 2. The molecule has 1 aliphatic rings. The summed E-state index contributed by atoms with van der Waals surface area (Å²) in [6, 6.07) is 26.8. The molecule has 0 bridgehead atoms. The summed E-state index contributed by atoms with van der Waals surface area (Å²) < 4.78 is 5.96. The van der Waals surface area contributed by atoms with Crippen LogP contribution in [-0.4, -0.2) is 35.9 Å². The summed E-state index contributed by atoms with van der Waals surface area (Å²) in [5, 5.41) is 11.8. The Hall–Kier alpha value is -4.11. The van der Waals surface area contributed by atoms with Gasteiger partial charge in [0, 0.05) is 31.6 Å². The van der Waals surface area contributed by atoms with E-state index in [1.165, 1.54) is 0 Å². The summed E-state index contributed by atoms with van der Waals surface area (Å²) in [6.07, 6.45) is 1.17. The molecule has 0 aliphatic carbocycles. The van der Waals surface area contributed by atoms with Crippen molar-refractivity contribution >= 4 is 17.5 Å².